The fraction of sp³-hybridized carbons (Fsp3) is 0. The van der Waals surface area contributed by atoms with Crippen molar-refractivity contribution < 1.29 is 9.72 Å². The quantitative estimate of drug-likeness (QED) is 0.441. The number of hydrazine groups is 1. The van der Waals surface area contributed by atoms with E-state index in [1.54, 1.807) is 12.1 Å². The van der Waals surface area contributed by atoms with Crippen LogP contribution in [0.15, 0.2) is 42.6 Å². The van der Waals surface area contributed by atoms with E-state index in [4.69, 9.17) is 5.84 Å². The van der Waals surface area contributed by atoms with Gasteiger partial charge in [-0.3, -0.25) is 25.7 Å². The van der Waals surface area contributed by atoms with Gasteiger partial charge in [0.25, 0.3) is 11.6 Å². The molecule has 1 aromatic carbocycles. The summed E-state index contributed by atoms with van der Waals surface area (Å²) in [4.78, 5) is 26.0. The van der Waals surface area contributed by atoms with Crippen molar-refractivity contribution in [2.24, 2.45) is 5.84 Å². The molecular weight excluding hydrogens is 262 g/mol. The molecule has 8 heteroatoms. The van der Waals surface area contributed by atoms with Gasteiger partial charge in [0.2, 0.25) is 0 Å². The Bertz CT molecular complexity index is 659. The summed E-state index contributed by atoms with van der Waals surface area (Å²) >= 11 is 0. The number of nitrogens with two attached hydrogens (primary N) is 1. The third-order valence-electron chi connectivity index (χ3n) is 2.47. The van der Waals surface area contributed by atoms with E-state index in [1.165, 1.54) is 30.5 Å². The Labute approximate surface area is 113 Å². The predicted octanol–water partition coefficient (Wildman–Crippen LogP) is 1.53. The summed E-state index contributed by atoms with van der Waals surface area (Å²) in [6.07, 6.45) is 1.43. The van der Waals surface area contributed by atoms with E-state index in [0.29, 0.717) is 11.4 Å². The van der Waals surface area contributed by atoms with Gasteiger partial charge in [-0.15, -0.1) is 0 Å². The maximum Gasteiger partial charge on any atom is 0.274 e. The molecule has 0 atom stereocenters. The lowest BCUT2D eigenvalue weighted by Crippen LogP contribution is -2.15. The number of nitro groups is 1. The zero-order chi connectivity index (χ0) is 14.5. The summed E-state index contributed by atoms with van der Waals surface area (Å²) in [5.74, 6) is 4.76. The molecular formula is C12H11N5O3. The van der Waals surface area contributed by atoms with Crippen molar-refractivity contribution in [3.05, 3.63) is 58.4 Å². The van der Waals surface area contributed by atoms with Crippen LogP contribution in [0.25, 0.3) is 0 Å². The maximum absolute atomic E-state index is 12.0. The first-order valence-electron chi connectivity index (χ1n) is 5.58. The van der Waals surface area contributed by atoms with E-state index >= 15 is 0 Å². The first-order chi connectivity index (χ1) is 9.60. The third-order valence-corrected chi connectivity index (χ3v) is 2.47. The molecule has 2 rings (SSSR count). The number of carbonyl (C=O) groups is 1. The molecule has 8 nitrogen and oxygen atoms in total. The number of amides is 1. The molecule has 0 spiro atoms. The van der Waals surface area contributed by atoms with Gasteiger partial charge in [0.1, 0.15) is 5.69 Å². The number of nitrogens with one attached hydrogen (secondary N) is 2. The van der Waals surface area contributed by atoms with E-state index in [1.807, 2.05) is 0 Å². The fourth-order valence-electron chi connectivity index (χ4n) is 1.54. The number of nitrogens with zero attached hydrogens (tertiary/aromatic N) is 2. The lowest BCUT2D eigenvalue weighted by Gasteiger charge is -2.06. The van der Waals surface area contributed by atoms with Crippen LogP contribution in [0.5, 0.6) is 0 Å². The number of carbonyl (C=O) groups excluding carboxylic acids is 1. The van der Waals surface area contributed by atoms with Crippen LogP contribution in [0.1, 0.15) is 10.5 Å². The van der Waals surface area contributed by atoms with Crippen LogP contribution >= 0.6 is 0 Å². The van der Waals surface area contributed by atoms with Crippen molar-refractivity contribution >= 4 is 23.0 Å². The topological polar surface area (TPSA) is 123 Å². The Morgan fingerprint density at radius 1 is 1.25 bits per heavy atom. The molecule has 20 heavy (non-hydrogen) atoms. The van der Waals surface area contributed by atoms with Crippen LogP contribution in [-0.4, -0.2) is 15.8 Å². The monoisotopic (exact) mass is 273 g/mol. The number of anilines is 2. The highest BCUT2D eigenvalue weighted by molar-refractivity contribution is 6.03. The second kappa shape index (κ2) is 5.76. The highest BCUT2D eigenvalue weighted by atomic mass is 16.6. The van der Waals surface area contributed by atoms with E-state index in [9.17, 15) is 14.9 Å². The zero-order valence-electron chi connectivity index (χ0n) is 10.2. The molecule has 4 N–H and O–H groups in total. The summed E-state index contributed by atoms with van der Waals surface area (Å²) < 4.78 is 0. The molecule has 0 aliphatic rings. The number of non-ortho nitro benzene ring substituents is 1. The largest absolute Gasteiger partial charge is 0.324 e. The number of hydrogen-bond donors (Lipinski definition) is 3. The van der Waals surface area contributed by atoms with E-state index in [0.717, 1.165) is 0 Å². The minimum atomic E-state index is -0.535. The van der Waals surface area contributed by atoms with Gasteiger partial charge in [-0.05, 0) is 18.2 Å². The van der Waals surface area contributed by atoms with Crippen molar-refractivity contribution in [3.8, 4) is 0 Å². The second-order valence-electron chi connectivity index (χ2n) is 3.84. The van der Waals surface area contributed by atoms with Crippen LogP contribution in [0, 0.1) is 10.1 Å². The standard InChI is InChI=1S/C12H11N5O3/c13-16-9-4-5-14-11(7-9)12(18)15-8-2-1-3-10(6-8)17(19)20/h1-7H,13H2,(H,14,16)(H,15,18). The molecule has 102 valence electrons. The molecule has 0 bridgehead atoms. The predicted molar refractivity (Wildman–Crippen MR) is 73.1 cm³/mol. The molecule has 0 fully saturated rings. The lowest BCUT2D eigenvalue weighted by molar-refractivity contribution is -0.384. The van der Waals surface area contributed by atoms with Crippen molar-refractivity contribution in [1.29, 1.82) is 0 Å². The number of rotatable bonds is 4. The molecule has 0 saturated carbocycles. The summed E-state index contributed by atoms with van der Waals surface area (Å²) in [5, 5.41) is 13.2. The Morgan fingerprint density at radius 3 is 2.75 bits per heavy atom. The average Bonchev–Trinajstić information content (AvgIpc) is 2.47. The summed E-state index contributed by atoms with van der Waals surface area (Å²) in [6, 6.07) is 8.71. The normalized spacial score (nSPS) is 9.85. The van der Waals surface area contributed by atoms with E-state index < -0.39 is 10.8 Å². The maximum atomic E-state index is 12.0. The molecule has 0 aliphatic carbocycles. The third kappa shape index (κ3) is 3.06. The van der Waals surface area contributed by atoms with Gasteiger partial charge in [0.05, 0.1) is 10.6 Å². The molecule has 0 saturated heterocycles. The molecule has 1 aromatic heterocycles. The van der Waals surface area contributed by atoms with Crippen molar-refractivity contribution in [1.82, 2.24) is 4.98 Å². The molecule has 0 aliphatic heterocycles. The highest BCUT2D eigenvalue weighted by Crippen LogP contribution is 2.17. The van der Waals surface area contributed by atoms with Crippen molar-refractivity contribution in [2.45, 2.75) is 0 Å². The number of nitro benzene ring substituents is 1. The molecule has 0 unspecified atom stereocenters. The highest BCUT2D eigenvalue weighted by Gasteiger charge is 2.11. The van der Waals surface area contributed by atoms with Gasteiger partial charge in [0, 0.05) is 24.0 Å². The Hall–Kier alpha value is -3.00. The van der Waals surface area contributed by atoms with E-state index in [-0.39, 0.29) is 11.4 Å². The number of hydrogen-bond acceptors (Lipinski definition) is 6. The first kappa shape index (κ1) is 13.4. The SMILES string of the molecule is NNc1ccnc(C(=O)Nc2cccc([N+](=O)[O-])c2)c1. The van der Waals surface area contributed by atoms with Crippen LogP contribution in [0.4, 0.5) is 17.1 Å². The zero-order valence-corrected chi connectivity index (χ0v) is 10.2. The molecule has 0 radical (unpaired) electrons. The summed E-state index contributed by atoms with van der Waals surface area (Å²) in [5.41, 5.74) is 3.29. The Morgan fingerprint density at radius 2 is 2.05 bits per heavy atom. The Kier molecular flexibility index (Phi) is 3.87. The van der Waals surface area contributed by atoms with Crippen LogP contribution in [-0.2, 0) is 0 Å². The van der Waals surface area contributed by atoms with Crippen LogP contribution in [0.2, 0.25) is 0 Å². The number of aromatic nitrogens is 1. The lowest BCUT2D eigenvalue weighted by atomic mass is 10.2. The van der Waals surface area contributed by atoms with Crippen LogP contribution < -0.4 is 16.6 Å². The van der Waals surface area contributed by atoms with Crippen molar-refractivity contribution in [2.75, 3.05) is 10.7 Å². The summed E-state index contributed by atoms with van der Waals surface area (Å²) in [7, 11) is 0. The van der Waals surface area contributed by atoms with Crippen LogP contribution in [0.3, 0.4) is 0 Å². The van der Waals surface area contributed by atoms with E-state index in [2.05, 4.69) is 15.7 Å². The second-order valence-corrected chi connectivity index (χ2v) is 3.84. The minimum Gasteiger partial charge on any atom is -0.324 e. The van der Waals surface area contributed by atoms with Gasteiger partial charge < -0.3 is 10.7 Å². The first-order valence-corrected chi connectivity index (χ1v) is 5.58. The minimum absolute atomic E-state index is 0.104. The van der Waals surface area contributed by atoms with Gasteiger partial charge in [-0.2, -0.15) is 0 Å². The smallest absolute Gasteiger partial charge is 0.274 e. The van der Waals surface area contributed by atoms with Gasteiger partial charge >= 0.3 is 0 Å². The fourth-order valence-corrected chi connectivity index (χ4v) is 1.54. The van der Waals surface area contributed by atoms with Gasteiger partial charge in [-0.1, -0.05) is 6.07 Å². The van der Waals surface area contributed by atoms with Crippen molar-refractivity contribution in [3.63, 3.8) is 0 Å². The molecule has 1 heterocycles. The number of benzene rings is 1. The number of pyridine rings is 1. The molecule has 2 aromatic rings. The van der Waals surface area contributed by atoms with Gasteiger partial charge in [-0.25, -0.2) is 0 Å². The Balaban J connectivity index is 2.18. The van der Waals surface area contributed by atoms with Gasteiger partial charge in [0.15, 0.2) is 0 Å². The molecule has 1 amide bonds. The summed E-state index contributed by atoms with van der Waals surface area (Å²) in [6.45, 7) is 0. The average molecular weight is 273 g/mol. The number of nitrogen functional groups attached to an aromatic ring is 1.